The molecule has 10 rings (SSSR count). The third kappa shape index (κ3) is 3.59. The SMILES string of the molecule is c1ccc(-c2c(-c3c4ccccc4c(-c4cccc5ccccc45)c4ccccc34)oc3cc4c(cc23)oc2ccccc24)cc1. The van der Waals surface area contributed by atoms with Crippen molar-refractivity contribution in [1.29, 1.82) is 0 Å². The second kappa shape index (κ2) is 9.69. The van der Waals surface area contributed by atoms with Gasteiger partial charge < -0.3 is 8.83 Å². The molecule has 0 unspecified atom stereocenters. The van der Waals surface area contributed by atoms with Gasteiger partial charge in [0.15, 0.2) is 0 Å². The van der Waals surface area contributed by atoms with Crippen LogP contribution in [0.25, 0.3) is 98.8 Å². The van der Waals surface area contributed by atoms with Crippen molar-refractivity contribution in [2.24, 2.45) is 0 Å². The molecule has 0 fully saturated rings. The lowest BCUT2D eigenvalue weighted by Crippen LogP contribution is -1.92. The number of rotatable bonds is 3. The summed E-state index contributed by atoms with van der Waals surface area (Å²) < 4.78 is 13.4. The molecular formula is C44H26O2. The van der Waals surface area contributed by atoms with Gasteiger partial charge in [-0.2, -0.15) is 0 Å². The van der Waals surface area contributed by atoms with E-state index < -0.39 is 0 Å². The van der Waals surface area contributed by atoms with Gasteiger partial charge in [0.1, 0.15) is 22.5 Å². The summed E-state index contributed by atoms with van der Waals surface area (Å²) in [4.78, 5) is 0. The van der Waals surface area contributed by atoms with Crippen molar-refractivity contribution in [1.82, 2.24) is 0 Å². The Morgan fingerprint density at radius 2 is 0.848 bits per heavy atom. The molecule has 0 atom stereocenters. The molecule has 2 nitrogen and oxygen atoms in total. The Kier molecular flexibility index (Phi) is 5.31. The van der Waals surface area contributed by atoms with Crippen LogP contribution in [0.5, 0.6) is 0 Å². The summed E-state index contributed by atoms with van der Waals surface area (Å²) in [5.74, 6) is 0.870. The zero-order valence-corrected chi connectivity index (χ0v) is 24.8. The van der Waals surface area contributed by atoms with Crippen LogP contribution in [0, 0.1) is 0 Å². The molecule has 0 saturated carbocycles. The summed E-state index contributed by atoms with van der Waals surface area (Å²) in [5.41, 5.74) is 8.35. The number of hydrogen-bond donors (Lipinski definition) is 0. The van der Waals surface area contributed by atoms with E-state index in [1.54, 1.807) is 0 Å². The summed E-state index contributed by atoms with van der Waals surface area (Å²) >= 11 is 0. The van der Waals surface area contributed by atoms with E-state index in [9.17, 15) is 0 Å². The number of fused-ring (bicyclic) bond motifs is 7. The first-order valence-electron chi connectivity index (χ1n) is 15.7. The maximum Gasteiger partial charge on any atom is 0.144 e. The van der Waals surface area contributed by atoms with Crippen LogP contribution in [-0.2, 0) is 0 Å². The number of furan rings is 2. The molecule has 10 aromatic rings. The van der Waals surface area contributed by atoms with Gasteiger partial charge in [0.2, 0.25) is 0 Å². The number of hydrogen-bond acceptors (Lipinski definition) is 2. The standard InChI is InChI=1S/C44H26O2/c1-2-14-28(15-3-1)41-37-26-39-36(30-18-10-11-24-38(30)45-39)25-40(37)46-44(41)43-34-21-8-6-19-32(34)42(33-20-7-9-22-35(33)43)31-23-12-16-27-13-4-5-17-29(27)31/h1-26H. The van der Waals surface area contributed by atoms with E-state index in [0.29, 0.717) is 0 Å². The van der Waals surface area contributed by atoms with Gasteiger partial charge >= 0.3 is 0 Å². The zero-order chi connectivity index (χ0) is 30.2. The van der Waals surface area contributed by atoms with Gasteiger partial charge in [-0.3, -0.25) is 0 Å². The van der Waals surface area contributed by atoms with E-state index in [2.05, 4.69) is 146 Å². The molecule has 0 saturated heterocycles. The second-order valence-corrected chi connectivity index (χ2v) is 12.0. The molecule has 0 amide bonds. The third-order valence-electron chi connectivity index (χ3n) is 9.47. The molecule has 2 heteroatoms. The zero-order valence-electron chi connectivity index (χ0n) is 24.8. The Morgan fingerprint density at radius 3 is 1.59 bits per heavy atom. The maximum absolute atomic E-state index is 7.06. The minimum atomic E-state index is 0.846. The van der Waals surface area contributed by atoms with Crippen LogP contribution in [-0.4, -0.2) is 0 Å². The molecule has 0 spiro atoms. The van der Waals surface area contributed by atoms with Crippen molar-refractivity contribution in [2.45, 2.75) is 0 Å². The van der Waals surface area contributed by atoms with Gasteiger partial charge in [-0.05, 0) is 67.2 Å². The highest BCUT2D eigenvalue weighted by atomic mass is 16.3. The lowest BCUT2D eigenvalue weighted by Gasteiger charge is -2.18. The van der Waals surface area contributed by atoms with Crippen LogP contribution in [0.2, 0.25) is 0 Å². The molecular weight excluding hydrogens is 560 g/mol. The molecule has 0 aliphatic rings. The minimum Gasteiger partial charge on any atom is -0.456 e. The normalized spacial score (nSPS) is 11.9. The van der Waals surface area contributed by atoms with Crippen molar-refractivity contribution in [3.05, 3.63) is 158 Å². The van der Waals surface area contributed by atoms with Crippen molar-refractivity contribution in [3.63, 3.8) is 0 Å². The molecule has 2 heterocycles. The largest absolute Gasteiger partial charge is 0.456 e. The Hall–Kier alpha value is -6.12. The molecule has 0 aliphatic carbocycles. The highest BCUT2D eigenvalue weighted by Gasteiger charge is 2.25. The predicted octanol–water partition coefficient (Wildman–Crippen LogP) is 12.8. The average molecular weight is 587 g/mol. The van der Waals surface area contributed by atoms with E-state index in [0.717, 1.165) is 66.1 Å². The van der Waals surface area contributed by atoms with E-state index in [-0.39, 0.29) is 0 Å². The van der Waals surface area contributed by atoms with Crippen LogP contribution < -0.4 is 0 Å². The van der Waals surface area contributed by atoms with Gasteiger partial charge in [0, 0.05) is 27.3 Å². The lowest BCUT2D eigenvalue weighted by molar-refractivity contribution is 0.633. The average Bonchev–Trinajstić information content (AvgIpc) is 3.67. The Balaban J connectivity index is 1.37. The highest BCUT2D eigenvalue weighted by molar-refractivity contribution is 6.25. The quantitative estimate of drug-likeness (QED) is 0.193. The molecule has 0 bridgehead atoms. The molecule has 0 N–H and O–H groups in total. The first-order chi connectivity index (χ1) is 22.8. The fourth-order valence-electron chi connectivity index (χ4n) is 7.49. The molecule has 46 heavy (non-hydrogen) atoms. The van der Waals surface area contributed by atoms with Crippen LogP contribution in [0.4, 0.5) is 0 Å². The summed E-state index contributed by atoms with van der Waals surface area (Å²) in [6, 6.07) is 56.0. The molecule has 0 aliphatic heterocycles. The van der Waals surface area contributed by atoms with E-state index in [1.165, 1.54) is 32.7 Å². The van der Waals surface area contributed by atoms with Crippen molar-refractivity contribution < 1.29 is 8.83 Å². The summed E-state index contributed by atoms with van der Waals surface area (Å²) in [6.45, 7) is 0. The molecule has 8 aromatic carbocycles. The van der Waals surface area contributed by atoms with Gasteiger partial charge in [-0.15, -0.1) is 0 Å². The Morgan fingerprint density at radius 1 is 0.304 bits per heavy atom. The van der Waals surface area contributed by atoms with Crippen LogP contribution in [0.3, 0.4) is 0 Å². The number of para-hydroxylation sites is 1. The van der Waals surface area contributed by atoms with E-state index in [1.807, 2.05) is 12.1 Å². The van der Waals surface area contributed by atoms with Gasteiger partial charge in [-0.25, -0.2) is 0 Å². The smallest absolute Gasteiger partial charge is 0.144 e. The van der Waals surface area contributed by atoms with Gasteiger partial charge in [-0.1, -0.05) is 140 Å². The monoisotopic (exact) mass is 586 g/mol. The minimum absolute atomic E-state index is 0.846. The fraction of sp³-hybridized carbons (Fsp3) is 0. The van der Waals surface area contributed by atoms with E-state index in [4.69, 9.17) is 8.83 Å². The fourth-order valence-corrected chi connectivity index (χ4v) is 7.49. The van der Waals surface area contributed by atoms with Crippen LogP contribution in [0.15, 0.2) is 167 Å². The van der Waals surface area contributed by atoms with Crippen molar-refractivity contribution in [3.8, 4) is 33.6 Å². The topological polar surface area (TPSA) is 26.3 Å². The summed E-state index contributed by atoms with van der Waals surface area (Å²) in [7, 11) is 0. The Labute approximate surface area is 264 Å². The van der Waals surface area contributed by atoms with E-state index >= 15 is 0 Å². The lowest BCUT2D eigenvalue weighted by atomic mass is 9.85. The summed E-state index contributed by atoms with van der Waals surface area (Å²) in [6.07, 6.45) is 0. The second-order valence-electron chi connectivity index (χ2n) is 12.0. The van der Waals surface area contributed by atoms with Crippen molar-refractivity contribution in [2.75, 3.05) is 0 Å². The van der Waals surface area contributed by atoms with Crippen LogP contribution >= 0.6 is 0 Å². The first kappa shape index (κ1) is 25.2. The molecule has 0 radical (unpaired) electrons. The predicted molar refractivity (Wildman–Crippen MR) is 192 cm³/mol. The molecule has 2 aromatic heterocycles. The Bertz CT molecular complexity index is 2740. The van der Waals surface area contributed by atoms with Crippen molar-refractivity contribution >= 4 is 65.2 Å². The van der Waals surface area contributed by atoms with Crippen LogP contribution in [0.1, 0.15) is 0 Å². The summed E-state index contributed by atoms with van der Waals surface area (Å²) in [5, 5.41) is 10.4. The third-order valence-corrected chi connectivity index (χ3v) is 9.47. The first-order valence-corrected chi connectivity index (χ1v) is 15.7. The maximum atomic E-state index is 7.06. The molecule has 214 valence electrons. The number of benzene rings is 8. The highest BCUT2D eigenvalue weighted by Crippen LogP contribution is 2.50. The van der Waals surface area contributed by atoms with Gasteiger partial charge in [0.25, 0.3) is 0 Å². The van der Waals surface area contributed by atoms with Gasteiger partial charge in [0.05, 0.1) is 0 Å².